The minimum Gasteiger partial charge on any atom is -0.454 e. The molecular weight excluding hydrogens is 681 g/mol. The monoisotopic (exact) mass is 720 g/mol. The molecule has 0 unspecified atom stereocenters. The van der Waals surface area contributed by atoms with Crippen LogP contribution in [0.3, 0.4) is 0 Å². The molecule has 0 radical (unpaired) electrons. The maximum atomic E-state index is 14.0. The Morgan fingerprint density at radius 2 is 1.34 bits per heavy atom. The van der Waals surface area contributed by atoms with Crippen LogP contribution in [0.4, 0.5) is 17.1 Å². The highest BCUT2D eigenvalue weighted by molar-refractivity contribution is 7.86. The normalized spacial score (nSPS) is 13.6. The number of rotatable bonds is 8. The quantitative estimate of drug-likeness (QED) is 0.0907. The lowest BCUT2D eigenvalue weighted by molar-refractivity contribution is 0.0980. The summed E-state index contributed by atoms with van der Waals surface area (Å²) >= 11 is 0. The van der Waals surface area contributed by atoms with Gasteiger partial charge in [0.05, 0.1) is 22.5 Å². The van der Waals surface area contributed by atoms with E-state index < -0.39 is 42.1 Å². The summed E-state index contributed by atoms with van der Waals surface area (Å²) < 4.78 is 76.6. The topological polar surface area (TPSA) is 190 Å². The van der Waals surface area contributed by atoms with Gasteiger partial charge in [-0.3, -0.25) is 18.7 Å². The minimum absolute atomic E-state index is 0.00438. The predicted octanol–water partition coefficient (Wildman–Crippen LogP) is 7.71. The van der Waals surface area contributed by atoms with Crippen molar-refractivity contribution in [2.45, 2.75) is 77.0 Å². The van der Waals surface area contributed by atoms with Crippen LogP contribution in [0.5, 0.6) is 11.5 Å². The Morgan fingerprint density at radius 3 is 1.88 bits per heavy atom. The van der Waals surface area contributed by atoms with Crippen molar-refractivity contribution in [2.75, 3.05) is 11.1 Å². The zero-order chi connectivity index (χ0) is 37.3. The first-order valence-corrected chi connectivity index (χ1v) is 18.6. The van der Waals surface area contributed by atoms with Crippen molar-refractivity contribution < 1.29 is 40.3 Å². The second-order valence-corrected chi connectivity index (χ2v) is 17.3. The molecule has 4 aromatic rings. The number of hydrogen-bond acceptors (Lipinski definition) is 9. The van der Waals surface area contributed by atoms with E-state index in [2.05, 4.69) is 26.1 Å². The molecule has 264 valence electrons. The van der Waals surface area contributed by atoms with Crippen LogP contribution in [-0.4, -0.2) is 37.5 Å². The van der Waals surface area contributed by atoms with Crippen LogP contribution in [0.1, 0.15) is 95.1 Å². The van der Waals surface area contributed by atoms with Crippen LogP contribution in [0.25, 0.3) is 0 Å². The third-order valence-corrected chi connectivity index (χ3v) is 10.8. The van der Waals surface area contributed by atoms with E-state index >= 15 is 0 Å². The number of ketones is 2. The molecule has 4 aromatic carbocycles. The summed E-state index contributed by atoms with van der Waals surface area (Å²) in [4.78, 5) is 27.1. The fraction of sp³-hybridized carbons (Fsp3) is 0.297. The van der Waals surface area contributed by atoms with Gasteiger partial charge in [-0.1, -0.05) is 71.0 Å². The lowest BCUT2D eigenvalue weighted by atomic mass is 9.72. The molecule has 0 spiro atoms. The number of carbonyl (C=O) groups is 2. The summed E-state index contributed by atoms with van der Waals surface area (Å²) in [5.41, 5.74) is 7.47. The van der Waals surface area contributed by atoms with Crippen molar-refractivity contribution in [2.24, 2.45) is 5.41 Å². The summed E-state index contributed by atoms with van der Waals surface area (Å²) in [5, 5.41) is 3.09. The first-order chi connectivity index (χ1) is 22.9. The fourth-order valence-electron chi connectivity index (χ4n) is 7.13. The van der Waals surface area contributed by atoms with Crippen LogP contribution in [0.15, 0.2) is 64.4 Å². The minimum atomic E-state index is -4.85. The van der Waals surface area contributed by atoms with Crippen molar-refractivity contribution in [1.82, 2.24) is 0 Å². The van der Waals surface area contributed by atoms with E-state index in [1.807, 2.05) is 13.8 Å². The van der Waals surface area contributed by atoms with Crippen LogP contribution < -0.4 is 15.8 Å². The molecule has 1 aliphatic rings. The van der Waals surface area contributed by atoms with Gasteiger partial charge in [0.25, 0.3) is 20.2 Å². The zero-order valence-electron chi connectivity index (χ0n) is 29.0. The molecule has 0 aromatic heterocycles. The maximum absolute atomic E-state index is 14.0. The molecule has 5 rings (SSSR count). The van der Waals surface area contributed by atoms with E-state index in [4.69, 9.17) is 10.5 Å². The fourth-order valence-corrected chi connectivity index (χ4v) is 8.72. The Morgan fingerprint density at radius 1 is 0.760 bits per heavy atom. The number of nitrogens with two attached hydrogens (primary N) is 1. The van der Waals surface area contributed by atoms with Crippen LogP contribution in [-0.2, 0) is 25.7 Å². The Labute approximate surface area is 292 Å². The number of ether oxygens (including phenoxy) is 1. The molecule has 0 atom stereocenters. The summed E-state index contributed by atoms with van der Waals surface area (Å²) in [5.74, 6) is -1.63. The summed E-state index contributed by atoms with van der Waals surface area (Å²) in [6.45, 7) is 14.8. The van der Waals surface area contributed by atoms with Crippen LogP contribution >= 0.6 is 0 Å². The van der Waals surface area contributed by atoms with Gasteiger partial charge in [-0.15, -0.1) is 0 Å². The largest absolute Gasteiger partial charge is 0.454 e. The molecule has 0 saturated carbocycles. The molecule has 0 aliphatic heterocycles. The Balaban J connectivity index is 1.75. The SMILES string of the molecule is Cc1cc(C)c(S(=O)(=O)O)c(C)c1Nc1cc(Oc2ccc(C(C)(C)CC(C)(C)C)cc2S(=O)(=O)O)c(N)c2c1C(=O)c1ccccc1C2=O. The van der Waals surface area contributed by atoms with Gasteiger partial charge in [0.2, 0.25) is 0 Å². The Bertz CT molecular complexity index is 2340. The first kappa shape index (κ1) is 36.7. The zero-order valence-corrected chi connectivity index (χ0v) is 30.7. The second kappa shape index (κ2) is 12.3. The summed E-state index contributed by atoms with van der Waals surface area (Å²) in [7, 11) is -9.50. The van der Waals surface area contributed by atoms with Crippen molar-refractivity contribution in [3.63, 3.8) is 0 Å². The van der Waals surface area contributed by atoms with E-state index in [0.29, 0.717) is 23.1 Å². The average Bonchev–Trinajstić information content (AvgIpc) is 2.96. The van der Waals surface area contributed by atoms with E-state index in [9.17, 15) is 35.5 Å². The number of fused-ring (bicyclic) bond motifs is 2. The third kappa shape index (κ3) is 6.78. The third-order valence-electron chi connectivity index (χ3n) is 8.81. The van der Waals surface area contributed by atoms with Crippen molar-refractivity contribution in [3.05, 3.63) is 99.1 Å². The van der Waals surface area contributed by atoms with Crippen molar-refractivity contribution >= 4 is 48.9 Å². The van der Waals surface area contributed by atoms with E-state index in [1.54, 1.807) is 31.2 Å². The van der Waals surface area contributed by atoms with Crippen LogP contribution in [0, 0.1) is 26.2 Å². The Hall–Kier alpha value is -4.56. The number of carbonyl (C=O) groups excluding carboxylic acids is 2. The van der Waals surface area contributed by atoms with Gasteiger partial charge >= 0.3 is 0 Å². The van der Waals surface area contributed by atoms with Crippen LogP contribution in [0.2, 0.25) is 0 Å². The standard InChI is InChI=1S/C37H40N2O9S2/c1-19-15-20(2)35(50(45,46)47)21(3)32(19)39-25-17-27(31(38)30-29(25)33(40)23-11-9-10-12-24(23)34(30)41)48-26-14-13-22(16-28(26)49(42,43)44)37(7,8)18-36(4,5)6/h9-17,39H,18,38H2,1-8H3,(H,42,43,44)(H,45,46,47). The van der Waals surface area contributed by atoms with Gasteiger partial charge in [0.1, 0.15) is 15.5 Å². The smallest absolute Gasteiger partial charge is 0.298 e. The summed E-state index contributed by atoms with van der Waals surface area (Å²) in [6, 6.07) is 13.5. The molecular formula is C37H40N2O9S2. The number of nitrogens with one attached hydrogen (secondary N) is 1. The molecule has 5 N–H and O–H groups in total. The highest BCUT2D eigenvalue weighted by atomic mass is 32.2. The second-order valence-electron chi connectivity index (χ2n) is 14.6. The van der Waals surface area contributed by atoms with Gasteiger partial charge < -0.3 is 15.8 Å². The number of benzene rings is 4. The van der Waals surface area contributed by atoms with E-state index in [-0.39, 0.29) is 66.7 Å². The molecule has 0 amide bonds. The van der Waals surface area contributed by atoms with Crippen molar-refractivity contribution in [1.29, 1.82) is 0 Å². The van der Waals surface area contributed by atoms with Gasteiger partial charge in [0.15, 0.2) is 17.3 Å². The molecule has 0 bridgehead atoms. The van der Waals surface area contributed by atoms with E-state index in [1.165, 1.54) is 44.2 Å². The lowest BCUT2D eigenvalue weighted by Gasteiger charge is -2.33. The highest BCUT2D eigenvalue weighted by Crippen LogP contribution is 2.46. The molecule has 0 heterocycles. The Kier molecular flexibility index (Phi) is 9.06. The number of nitrogen functional groups attached to an aromatic ring is 1. The molecule has 11 nitrogen and oxygen atoms in total. The molecule has 1 aliphatic carbocycles. The lowest BCUT2D eigenvalue weighted by Crippen LogP contribution is -2.25. The first-order valence-electron chi connectivity index (χ1n) is 15.7. The predicted molar refractivity (Wildman–Crippen MR) is 191 cm³/mol. The molecule has 13 heteroatoms. The van der Waals surface area contributed by atoms with E-state index in [0.717, 1.165) is 0 Å². The van der Waals surface area contributed by atoms with Gasteiger partial charge in [-0.25, -0.2) is 0 Å². The number of anilines is 3. The number of hydrogen-bond donors (Lipinski definition) is 4. The number of aryl methyl sites for hydroxylation is 2. The molecule has 50 heavy (non-hydrogen) atoms. The van der Waals surface area contributed by atoms with Gasteiger partial charge in [-0.05, 0) is 72.4 Å². The molecule has 0 saturated heterocycles. The summed E-state index contributed by atoms with van der Waals surface area (Å²) in [6.07, 6.45) is 0.687. The van der Waals surface area contributed by atoms with Gasteiger partial charge in [-0.2, -0.15) is 16.8 Å². The van der Waals surface area contributed by atoms with Crippen molar-refractivity contribution in [3.8, 4) is 11.5 Å². The average molecular weight is 721 g/mol. The maximum Gasteiger partial charge on any atom is 0.298 e. The van der Waals surface area contributed by atoms with Gasteiger partial charge in [0, 0.05) is 22.9 Å². The molecule has 0 fully saturated rings. The highest BCUT2D eigenvalue weighted by Gasteiger charge is 2.36.